The van der Waals surface area contributed by atoms with E-state index in [4.69, 9.17) is 22.4 Å². The lowest BCUT2D eigenvalue weighted by Crippen LogP contribution is -2.29. The minimum atomic E-state index is -1.06. The Kier molecular flexibility index (Phi) is 5.79. The van der Waals surface area contributed by atoms with Gasteiger partial charge < -0.3 is 16.2 Å². The Bertz CT molecular complexity index is 477. The zero-order chi connectivity index (χ0) is 14.4. The van der Waals surface area contributed by atoms with Crippen molar-refractivity contribution in [2.24, 2.45) is 11.7 Å². The van der Waals surface area contributed by atoms with E-state index < -0.39 is 5.97 Å². The van der Waals surface area contributed by atoms with Gasteiger partial charge >= 0.3 is 5.97 Å². The van der Waals surface area contributed by atoms with Crippen molar-refractivity contribution < 1.29 is 14.7 Å². The van der Waals surface area contributed by atoms with Gasteiger partial charge in [0.25, 0.3) is 0 Å². The van der Waals surface area contributed by atoms with Crippen LogP contribution in [0.1, 0.15) is 30.1 Å². The van der Waals surface area contributed by atoms with Crippen LogP contribution >= 0.6 is 11.6 Å². The molecule has 0 saturated carbocycles. The van der Waals surface area contributed by atoms with Gasteiger partial charge in [0, 0.05) is 6.54 Å². The Morgan fingerprint density at radius 1 is 1.47 bits per heavy atom. The van der Waals surface area contributed by atoms with Gasteiger partial charge in [0.05, 0.1) is 22.2 Å². The third-order valence-electron chi connectivity index (χ3n) is 2.77. The van der Waals surface area contributed by atoms with Crippen LogP contribution in [-0.2, 0) is 4.79 Å². The number of nitrogens with two attached hydrogens (primary N) is 1. The fourth-order valence-corrected chi connectivity index (χ4v) is 1.92. The topological polar surface area (TPSA) is 92.4 Å². The molecule has 1 amide bonds. The fraction of sp³-hybridized carbons (Fsp3) is 0.385. The summed E-state index contributed by atoms with van der Waals surface area (Å²) < 4.78 is 0. The van der Waals surface area contributed by atoms with Crippen molar-refractivity contribution >= 4 is 29.2 Å². The normalized spacial score (nSPS) is 11.9. The molecule has 104 valence electrons. The second-order valence-electron chi connectivity index (χ2n) is 4.21. The summed E-state index contributed by atoms with van der Waals surface area (Å²) in [4.78, 5) is 22.7. The summed E-state index contributed by atoms with van der Waals surface area (Å²) in [6.07, 6.45) is 1.56. The van der Waals surface area contributed by atoms with E-state index in [1.807, 2.05) is 6.92 Å². The second-order valence-corrected chi connectivity index (χ2v) is 4.62. The van der Waals surface area contributed by atoms with E-state index in [0.717, 1.165) is 6.42 Å². The maximum absolute atomic E-state index is 11.9. The Labute approximate surface area is 116 Å². The van der Waals surface area contributed by atoms with Gasteiger partial charge in [-0.05, 0) is 24.6 Å². The number of rotatable bonds is 6. The first kappa shape index (κ1) is 15.5. The number of amides is 1. The van der Waals surface area contributed by atoms with Crippen molar-refractivity contribution in [3.8, 4) is 0 Å². The van der Waals surface area contributed by atoms with E-state index in [9.17, 15) is 9.59 Å². The number of carbonyl (C=O) groups excluding carboxylic acids is 1. The number of anilines is 1. The maximum atomic E-state index is 11.9. The molecule has 0 saturated heterocycles. The molecule has 19 heavy (non-hydrogen) atoms. The van der Waals surface area contributed by atoms with Gasteiger partial charge in [-0.3, -0.25) is 4.79 Å². The van der Waals surface area contributed by atoms with Gasteiger partial charge in [0.15, 0.2) is 0 Å². The largest absolute Gasteiger partial charge is 0.478 e. The van der Waals surface area contributed by atoms with Crippen LogP contribution in [0, 0.1) is 5.92 Å². The maximum Gasteiger partial charge on any atom is 0.335 e. The van der Waals surface area contributed by atoms with Crippen LogP contribution in [0.25, 0.3) is 0 Å². The van der Waals surface area contributed by atoms with Crippen LogP contribution in [0.4, 0.5) is 5.69 Å². The monoisotopic (exact) mass is 284 g/mol. The number of carbonyl (C=O) groups is 2. The van der Waals surface area contributed by atoms with Crippen LogP contribution in [0.3, 0.4) is 0 Å². The minimum Gasteiger partial charge on any atom is -0.478 e. The average molecular weight is 285 g/mol. The standard InChI is InChI=1S/C13H17ClN2O3/c1-2-3-9(7-15)12(17)16-11-5-4-8(13(18)19)6-10(11)14/h4-6,9H,2-3,7,15H2,1H3,(H,16,17)(H,18,19). The molecule has 1 aromatic carbocycles. The van der Waals surface area contributed by atoms with Crippen molar-refractivity contribution in [1.29, 1.82) is 0 Å². The molecule has 1 rings (SSSR count). The Morgan fingerprint density at radius 2 is 2.16 bits per heavy atom. The predicted octanol–water partition coefficient (Wildman–Crippen LogP) is 2.35. The number of nitrogens with one attached hydrogen (secondary N) is 1. The van der Waals surface area contributed by atoms with Crippen LogP contribution in [0.15, 0.2) is 18.2 Å². The molecule has 0 fully saturated rings. The Morgan fingerprint density at radius 3 is 2.63 bits per heavy atom. The zero-order valence-electron chi connectivity index (χ0n) is 10.6. The molecule has 0 aliphatic carbocycles. The van der Waals surface area contributed by atoms with Gasteiger partial charge in [0.2, 0.25) is 5.91 Å². The van der Waals surface area contributed by atoms with E-state index >= 15 is 0 Å². The van der Waals surface area contributed by atoms with E-state index in [2.05, 4.69) is 5.32 Å². The summed E-state index contributed by atoms with van der Waals surface area (Å²) in [5, 5.41) is 11.7. The molecular weight excluding hydrogens is 268 g/mol. The summed E-state index contributed by atoms with van der Waals surface area (Å²) >= 11 is 5.93. The van der Waals surface area contributed by atoms with Crippen LogP contribution in [0.5, 0.6) is 0 Å². The molecule has 0 aromatic heterocycles. The number of carboxylic acid groups (broad SMARTS) is 1. The summed E-state index contributed by atoms with van der Waals surface area (Å²) in [7, 11) is 0. The van der Waals surface area contributed by atoms with Gasteiger partial charge in [-0.2, -0.15) is 0 Å². The van der Waals surface area contributed by atoms with Gasteiger partial charge in [-0.15, -0.1) is 0 Å². The van der Waals surface area contributed by atoms with Crippen LogP contribution in [0.2, 0.25) is 5.02 Å². The molecule has 0 aliphatic heterocycles. The number of hydrogen-bond donors (Lipinski definition) is 3. The van der Waals surface area contributed by atoms with E-state index in [1.165, 1.54) is 18.2 Å². The molecule has 0 aliphatic rings. The lowest BCUT2D eigenvalue weighted by molar-refractivity contribution is -0.119. The van der Waals surface area contributed by atoms with E-state index in [0.29, 0.717) is 12.1 Å². The third-order valence-corrected chi connectivity index (χ3v) is 3.08. The smallest absolute Gasteiger partial charge is 0.335 e. The van der Waals surface area contributed by atoms with Gasteiger partial charge in [-0.1, -0.05) is 24.9 Å². The molecule has 5 nitrogen and oxygen atoms in total. The highest BCUT2D eigenvalue weighted by Gasteiger charge is 2.17. The Balaban J connectivity index is 2.82. The molecular formula is C13H17ClN2O3. The lowest BCUT2D eigenvalue weighted by Gasteiger charge is -2.14. The molecule has 0 radical (unpaired) electrons. The van der Waals surface area contributed by atoms with Crippen molar-refractivity contribution in [3.63, 3.8) is 0 Å². The summed E-state index contributed by atoms with van der Waals surface area (Å²) in [6, 6.07) is 4.17. The number of benzene rings is 1. The molecule has 6 heteroatoms. The first-order valence-corrected chi connectivity index (χ1v) is 6.41. The number of carboxylic acids is 1. The first-order chi connectivity index (χ1) is 8.99. The fourth-order valence-electron chi connectivity index (χ4n) is 1.69. The first-order valence-electron chi connectivity index (χ1n) is 6.03. The Hall–Kier alpha value is -1.59. The predicted molar refractivity (Wildman–Crippen MR) is 74.5 cm³/mol. The molecule has 0 bridgehead atoms. The summed E-state index contributed by atoms with van der Waals surface area (Å²) in [5.41, 5.74) is 6.01. The van der Waals surface area contributed by atoms with Gasteiger partial charge in [-0.25, -0.2) is 4.79 Å². The molecule has 0 heterocycles. The number of halogens is 1. The highest BCUT2D eigenvalue weighted by molar-refractivity contribution is 6.34. The number of aromatic carboxylic acids is 1. The highest BCUT2D eigenvalue weighted by Crippen LogP contribution is 2.24. The minimum absolute atomic E-state index is 0.0759. The van der Waals surface area contributed by atoms with Crippen molar-refractivity contribution in [2.75, 3.05) is 11.9 Å². The molecule has 4 N–H and O–H groups in total. The van der Waals surface area contributed by atoms with Crippen molar-refractivity contribution in [1.82, 2.24) is 0 Å². The third kappa shape index (κ3) is 4.22. The summed E-state index contributed by atoms with van der Waals surface area (Å²) in [5.74, 6) is -1.53. The van der Waals surface area contributed by atoms with Crippen LogP contribution in [-0.4, -0.2) is 23.5 Å². The van der Waals surface area contributed by atoms with E-state index in [1.54, 1.807) is 0 Å². The molecule has 1 aromatic rings. The van der Waals surface area contributed by atoms with Crippen molar-refractivity contribution in [2.45, 2.75) is 19.8 Å². The quantitative estimate of drug-likeness (QED) is 0.747. The number of hydrogen-bond acceptors (Lipinski definition) is 3. The van der Waals surface area contributed by atoms with Gasteiger partial charge in [0.1, 0.15) is 0 Å². The zero-order valence-corrected chi connectivity index (χ0v) is 11.4. The van der Waals surface area contributed by atoms with Crippen molar-refractivity contribution in [3.05, 3.63) is 28.8 Å². The second kappa shape index (κ2) is 7.11. The lowest BCUT2D eigenvalue weighted by atomic mass is 10.0. The van der Waals surface area contributed by atoms with E-state index in [-0.39, 0.29) is 29.0 Å². The molecule has 1 unspecified atom stereocenters. The summed E-state index contributed by atoms with van der Waals surface area (Å²) in [6.45, 7) is 2.25. The van der Waals surface area contributed by atoms with Crippen LogP contribution < -0.4 is 11.1 Å². The molecule has 0 spiro atoms. The molecule has 1 atom stereocenters. The highest BCUT2D eigenvalue weighted by atomic mass is 35.5. The average Bonchev–Trinajstić information content (AvgIpc) is 2.37. The SMILES string of the molecule is CCCC(CN)C(=O)Nc1ccc(C(=O)O)cc1Cl.